The van der Waals surface area contributed by atoms with Gasteiger partial charge in [-0.05, 0) is 24.3 Å². The van der Waals surface area contributed by atoms with Crippen molar-refractivity contribution in [1.29, 1.82) is 0 Å². The van der Waals surface area contributed by atoms with Crippen LogP contribution in [-0.2, 0) is 4.79 Å². The lowest BCUT2D eigenvalue weighted by atomic mass is 10.1. The summed E-state index contributed by atoms with van der Waals surface area (Å²) in [6.07, 6.45) is 0. The zero-order valence-corrected chi connectivity index (χ0v) is 8.74. The predicted molar refractivity (Wildman–Crippen MR) is 51.2 cm³/mol. The van der Waals surface area contributed by atoms with Crippen molar-refractivity contribution in [2.24, 2.45) is 0 Å². The molecule has 1 rings (SSSR count). The van der Waals surface area contributed by atoms with Gasteiger partial charge in [-0.15, -0.1) is 0 Å². The molecule has 0 atom stereocenters. The fraction of sp³-hybridized carbons (Fsp3) is 0. The van der Waals surface area contributed by atoms with Crippen LogP contribution in [0.2, 0.25) is 0 Å². The molecular formula is C8H6Cl2NO4+. The number of hydrogen-bond acceptors (Lipinski definition) is 4. The van der Waals surface area contributed by atoms with E-state index in [0.29, 0.717) is 0 Å². The number of nitrogens with zero attached hydrogens (tertiary/aromatic N) is 1. The maximum absolute atomic E-state index is 11.3. The van der Waals surface area contributed by atoms with E-state index in [2.05, 4.69) is 0 Å². The summed E-state index contributed by atoms with van der Waals surface area (Å²) < 4.78 is -2.10. The zero-order chi connectivity index (χ0) is 11.6. The average Bonchev–Trinajstić information content (AvgIpc) is 2.15. The van der Waals surface area contributed by atoms with Crippen LogP contribution in [0.25, 0.3) is 0 Å². The van der Waals surface area contributed by atoms with Gasteiger partial charge >= 0.3 is 5.91 Å². The lowest BCUT2D eigenvalue weighted by molar-refractivity contribution is -0.838. The van der Waals surface area contributed by atoms with E-state index in [4.69, 9.17) is 33.9 Å². The highest BCUT2D eigenvalue weighted by Crippen LogP contribution is 2.17. The molecule has 2 N–H and O–H groups in total. The van der Waals surface area contributed by atoms with Crippen molar-refractivity contribution in [3.05, 3.63) is 29.8 Å². The summed E-state index contributed by atoms with van der Waals surface area (Å²) in [5.74, 6) is -2.51. The summed E-state index contributed by atoms with van der Waals surface area (Å²) >= 11 is 10.00. The first-order chi connectivity index (χ1) is 6.82. The minimum Gasteiger partial charge on any atom is -0.508 e. The van der Waals surface area contributed by atoms with Crippen molar-refractivity contribution < 1.29 is 23.6 Å². The van der Waals surface area contributed by atoms with Crippen LogP contribution in [0.5, 0.6) is 5.75 Å². The molecule has 80 valence electrons. The first-order valence-electron chi connectivity index (χ1n) is 3.71. The fourth-order valence-corrected chi connectivity index (χ4v) is 1.01. The molecule has 15 heavy (non-hydrogen) atoms. The Bertz CT molecular complexity index is 396. The second-order valence-corrected chi connectivity index (χ2v) is 3.82. The van der Waals surface area contributed by atoms with Crippen molar-refractivity contribution in [2.45, 2.75) is 0 Å². The fourth-order valence-electron chi connectivity index (χ4n) is 0.858. The summed E-state index contributed by atoms with van der Waals surface area (Å²) in [5, 5.41) is 17.8. The van der Waals surface area contributed by atoms with Gasteiger partial charge in [-0.3, -0.25) is 4.79 Å². The van der Waals surface area contributed by atoms with E-state index in [1.807, 2.05) is 0 Å². The number of ketones is 1. The van der Waals surface area contributed by atoms with Gasteiger partial charge in [0.25, 0.3) is 5.78 Å². The molecule has 7 heteroatoms. The molecule has 0 fully saturated rings. The van der Waals surface area contributed by atoms with E-state index < -0.39 is 15.4 Å². The number of rotatable bonds is 2. The van der Waals surface area contributed by atoms with Crippen LogP contribution in [-0.4, -0.2) is 25.7 Å². The molecule has 1 amide bonds. The van der Waals surface area contributed by atoms with E-state index in [1.54, 1.807) is 0 Å². The summed E-state index contributed by atoms with van der Waals surface area (Å²) in [6, 6.07) is 4.85. The Morgan fingerprint density at radius 2 is 1.60 bits per heavy atom. The number of phenols is 1. The third kappa shape index (κ3) is 2.90. The molecular weight excluding hydrogens is 245 g/mol. The van der Waals surface area contributed by atoms with Gasteiger partial charge in [-0.2, -0.15) is 5.21 Å². The van der Waals surface area contributed by atoms with Gasteiger partial charge < -0.3 is 5.11 Å². The third-order valence-corrected chi connectivity index (χ3v) is 1.88. The average molecular weight is 251 g/mol. The number of aromatic hydroxyl groups is 1. The molecule has 0 radical (unpaired) electrons. The SMILES string of the molecule is O=C(C(=O)[N+](O)(Cl)Cl)c1ccc(O)cc1. The molecule has 0 aliphatic carbocycles. The Labute approximate surface area is 94.8 Å². The lowest BCUT2D eigenvalue weighted by Crippen LogP contribution is -2.36. The maximum Gasteiger partial charge on any atom is 0.455 e. The van der Waals surface area contributed by atoms with E-state index >= 15 is 0 Å². The standard InChI is InChI=1S/C8H5Cl2NO4/c9-11(10,15)8(14)7(13)5-1-3-6(12)4-2-5/h1-4,15H/p+1. The number of amides is 1. The number of phenolic OH excluding ortho intramolecular Hbond substituents is 1. The van der Waals surface area contributed by atoms with Crippen molar-refractivity contribution in [1.82, 2.24) is 0 Å². The molecule has 0 heterocycles. The van der Waals surface area contributed by atoms with Gasteiger partial charge in [0, 0.05) is 5.56 Å². The molecule has 0 saturated carbocycles. The van der Waals surface area contributed by atoms with Crippen LogP contribution in [0.1, 0.15) is 10.4 Å². The van der Waals surface area contributed by atoms with E-state index in [-0.39, 0.29) is 11.3 Å². The Hall–Kier alpha value is -1.14. The van der Waals surface area contributed by atoms with Crippen molar-refractivity contribution >= 4 is 35.2 Å². The lowest BCUT2D eigenvalue weighted by Gasteiger charge is -2.04. The quantitative estimate of drug-likeness (QED) is 0.275. The van der Waals surface area contributed by atoms with Crippen LogP contribution < -0.4 is 0 Å². The summed E-state index contributed by atoms with van der Waals surface area (Å²) in [7, 11) is 0. The monoisotopic (exact) mass is 250 g/mol. The summed E-state index contributed by atoms with van der Waals surface area (Å²) in [4.78, 5) is 22.4. The van der Waals surface area contributed by atoms with Crippen molar-refractivity contribution in [3.8, 4) is 5.75 Å². The summed E-state index contributed by atoms with van der Waals surface area (Å²) in [5.41, 5.74) is -0.0318. The molecule has 0 spiro atoms. The minimum absolute atomic E-state index is 0.0318. The number of carbonyl (C=O) groups is 2. The highest BCUT2D eigenvalue weighted by molar-refractivity contribution is 6.47. The largest absolute Gasteiger partial charge is 0.508 e. The predicted octanol–water partition coefficient (Wildman–Crippen LogP) is 1.62. The van der Waals surface area contributed by atoms with Gasteiger partial charge in [-0.1, -0.05) is 0 Å². The molecule has 0 saturated heterocycles. The normalized spacial score (nSPS) is 11.1. The first-order valence-corrected chi connectivity index (χ1v) is 4.39. The third-order valence-electron chi connectivity index (χ3n) is 1.57. The van der Waals surface area contributed by atoms with Crippen LogP contribution in [0, 0.1) is 0 Å². The van der Waals surface area contributed by atoms with E-state index in [9.17, 15) is 9.59 Å². The molecule has 1 aromatic rings. The molecule has 5 nitrogen and oxygen atoms in total. The molecule has 0 bridgehead atoms. The number of hydroxylamine groups is 1. The Balaban J connectivity index is 2.96. The highest BCUT2D eigenvalue weighted by Gasteiger charge is 2.40. The van der Waals surface area contributed by atoms with E-state index in [0.717, 1.165) is 0 Å². The Morgan fingerprint density at radius 3 is 2.00 bits per heavy atom. The van der Waals surface area contributed by atoms with E-state index in [1.165, 1.54) is 24.3 Å². The van der Waals surface area contributed by atoms with Gasteiger partial charge in [0.2, 0.25) is 23.6 Å². The second kappa shape index (κ2) is 4.16. The zero-order valence-electron chi connectivity index (χ0n) is 7.22. The number of carbonyl (C=O) groups excluding carboxylic acids is 2. The van der Waals surface area contributed by atoms with Gasteiger partial charge in [0.15, 0.2) is 0 Å². The Morgan fingerprint density at radius 1 is 1.13 bits per heavy atom. The Kier molecular flexibility index (Phi) is 3.31. The number of halogens is 2. The minimum atomic E-state index is -2.10. The number of Topliss-reactive ketones (excluding diaryl/α,β-unsaturated/α-hetero) is 1. The smallest absolute Gasteiger partial charge is 0.455 e. The molecule has 1 aromatic carbocycles. The summed E-state index contributed by atoms with van der Waals surface area (Å²) in [6.45, 7) is 0. The maximum atomic E-state index is 11.3. The first kappa shape index (κ1) is 11.9. The number of benzene rings is 1. The van der Waals surface area contributed by atoms with Crippen molar-refractivity contribution in [2.75, 3.05) is 0 Å². The second-order valence-electron chi connectivity index (χ2n) is 2.67. The van der Waals surface area contributed by atoms with Crippen LogP contribution in [0.3, 0.4) is 0 Å². The van der Waals surface area contributed by atoms with Gasteiger partial charge in [0.05, 0.1) is 3.68 Å². The molecule has 0 unspecified atom stereocenters. The number of hydrogen-bond donors (Lipinski definition) is 2. The molecule has 0 aliphatic rings. The van der Waals surface area contributed by atoms with Crippen LogP contribution in [0.4, 0.5) is 0 Å². The number of quaternary nitrogens is 1. The topological polar surface area (TPSA) is 74.6 Å². The van der Waals surface area contributed by atoms with Crippen molar-refractivity contribution in [3.63, 3.8) is 0 Å². The highest BCUT2D eigenvalue weighted by atomic mass is 35.5. The van der Waals surface area contributed by atoms with Crippen LogP contribution >= 0.6 is 23.6 Å². The molecule has 0 aliphatic heterocycles. The van der Waals surface area contributed by atoms with Crippen LogP contribution in [0.15, 0.2) is 24.3 Å². The van der Waals surface area contributed by atoms with Gasteiger partial charge in [0.1, 0.15) is 5.75 Å². The van der Waals surface area contributed by atoms with Gasteiger partial charge in [-0.25, -0.2) is 4.79 Å². The molecule has 0 aromatic heterocycles.